The topological polar surface area (TPSA) is 97.1 Å². The van der Waals surface area contributed by atoms with Crippen LogP contribution in [0.1, 0.15) is 21.9 Å². The number of aromatic nitrogens is 10. The summed E-state index contributed by atoms with van der Waals surface area (Å²) in [7, 11) is 0. The number of para-hydroxylation sites is 4. The smallest absolute Gasteiger partial charge is 0.241 e. The van der Waals surface area contributed by atoms with Crippen LogP contribution in [0.5, 0.6) is 0 Å². The molecule has 568 valence electrons. The molecule has 0 bridgehead atoms. The fraction of sp³-hybridized carbons (Fsp3) is 0.0185. The molecular weight excluding hydrogens is 1570 g/mol. The highest BCUT2D eigenvalue weighted by Gasteiger charge is 2.29. The molecule has 26 aromatic rings. The van der Waals surface area contributed by atoms with Gasteiger partial charge < -0.3 is 0 Å². The Kier molecular flexibility index (Phi) is 14.7. The van der Waals surface area contributed by atoms with Crippen molar-refractivity contribution in [3.8, 4) is 79.9 Å². The first-order valence-electron chi connectivity index (χ1n) is 41.1. The fourth-order valence-electron chi connectivity index (χ4n) is 19.6. The summed E-state index contributed by atoms with van der Waals surface area (Å²) in [5, 5.41) is 17.1. The van der Waals surface area contributed by atoms with Gasteiger partial charge in [-0.25, -0.2) is 4.98 Å². The number of fused-ring (bicyclic) bond motifs is 24. The monoisotopic (exact) mass is 1630 g/mol. The lowest BCUT2D eigenvalue weighted by atomic mass is 9.86. The lowest BCUT2D eigenvalue weighted by Crippen LogP contribution is -2.13. The standard InChI is InChI=1S/C108H62N10S4/c1-3-19-61(20-4-1)63-37-45-99-83(53-63)85-55-67(39-47-101(85)121-99)65-35-43-91-77(51-65)71-23-7-13-29-87(71)115(91)106-112-107(116-88-30-14-8-24-72(88)78-52-66(36-44-92(78)116)68-40-48-102-86(56-68)84-54-64(38-46-100(84)122-102)62-21-5-2-6-22-62)114-108(113-106)118-90-32-16-10-26-74(90)80-59-93-79(60-94(80)118)73-25-9-15-31-89(73)117(93)105-110-103(69-41-49-97-81(57-69)75-27-11-17-33-95(75)119-97)109-104(111-105)70-42-50-98-82(58-70)76-28-12-18-34-96(76)120-98/h1-53,55-60,64H,54H2. The van der Waals surface area contributed by atoms with Crippen LogP contribution in [0.15, 0.2) is 352 Å². The third-order valence-corrected chi connectivity index (χ3v) is 29.9. The zero-order valence-electron chi connectivity index (χ0n) is 65.0. The molecule has 27 rings (SSSR count). The Morgan fingerprint density at radius 2 is 0.525 bits per heavy atom. The van der Waals surface area contributed by atoms with Gasteiger partial charge in [-0.15, -0.1) is 45.3 Å². The lowest BCUT2D eigenvalue weighted by molar-refractivity contribution is 0.837. The van der Waals surface area contributed by atoms with Gasteiger partial charge in [-0.3, -0.25) is 18.3 Å². The second kappa shape index (κ2) is 26.3. The minimum atomic E-state index is 0.320. The van der Waals surface area contributed by atoms with Crippen molar-refractivity contribution in [2.75, 3.05) is 0 Å². The normalized spacial score (nSPS) is 13.3. The zero-order chi connectivity index (χ0) is 79.5. The van der Waals surface area contributed by atoms with Crippen LogP contribution in [0.3, 0.4) is 0 Å². The molecule has 1 aliphatic rings. The van der Waals surface area contributed by atoms with Crippen LogP contribution in [-0.2, 0) is 6.42 Å². The van der Waals surface area contributed by atoms with Crippen LogP contribution in [0, 0.1) is 0 Å². The van der Waals surface area contributed by atoms with E-state index in [1.807, 2.05) is 22.7 Å². The van der Waals surface area contributed by atoms with E-state index in [2.05, 4.69) is 376 Å². The third kappa shape index (κ3) is 10.4. The molecule has 0 N–H and O–H groups in total. The van der Waals surface area contributed by atoms with E-state index in [9.17, 15) is 0 Å². The van der Waals surface area contributed by atoms with E-state index in [4.69, 9.17) is 29.9 Å². The number of rotatable bonds is 10. The molecular formula is C108H62N10S4. The average Bonchev–Trinajstić information content (AvgIpc) is 1.54. The van der Waals surface area contributed by atoms with Crippen LogP contribution in [0.4, 0.5) is 0 Å². The Bertz CT molecular complexity index is 8910. The molecule has 0 saturated carbocycles. The van der Waals surface area contributed by atoms with Gasteiger partial charge in [0.2, 0.25) is 23.8 Å². The van der Waals surface area contributed by atoms with Crippen LogP contribution < -0.4 is 0 Å². The third-order valence-electron chi connectivity index (χ3n) is 25.3. The first-order valence-corrected chi connectivity index (χ1v) is 44.4. The molecule has 0 fully saturated rings. The van der Waals surface area contributed by atoms with E-state index >= 15 is 0 Å². The molecule has 14 heteroatoms. The van der Waals surface area contributed by atoms with E-state index in [1.54, 1.807) is 22.7 Å². The summed E-state index contributed by atoms with van der Waals surface area (Å²) in [6.07, 6.45) is 5.70. The van der Waals surface area contributed by atoms with Crippen molar-refractivity contribution in [3.63, 3.8) is 0 Å². The van der Waals surface area contributed by atoms with Crippen molar-refractivity contribution >= 4 is 209 Å². The second-order valence-corrected chi connectivity index (χ2v) is 36.4. The Morgan fingerprint density at radius 1 is 0.213 bits per heavy atom. The molecule has 10 aromatic heterocycles. The van der Waals surface area contributed by atoms with Crippen molar-refractivity contribution < 1.29 is 0 Å². The van der Waals surface area contributed by atoms with Gasteiger partial charge in [0, 0.05) is 130 Å². The number of hydrogen-bond acceptors (Lipinski definition) is 10. The summed E-state index contributed by atoms with van der Waals surface area (Å²) in [5.74, 6) is 3.43. The SMILES string of the molecule is C1=CC(c2ccccc2)Cc2c1sc1ccc(-c3ccc4c(c3)c3ccccc3n4-c3nc(-n4c5ccccc5c5cc(-c6ccc7sc8ccc(-c9ccccc9)cc8c7c6)ccc54)nc(-n4c5ccccc5c5cc6c(cc54)c4ccccc4n6-c4nc(-c5ccc6sc7ccccc7c6c5)nc(-c5ccc6sc7ccccc7c6c5)n4)n3)cc21. The number of nitrogens with zero attached hydrogens (tertiary/aromatic N) is 10. The predicted molar refractivity (Wildman–Crippen MR) is 514 cm³/mol. The summed E-state index contributed by atoms with van der Waals surface area (Å²) in [6.45, 7) is 0. The van der Waals surface area contributed by atoms with Crippen molar-refractivity contribution in [2.24, 2.45) is 0 Å². The first-order chi connectivity index (χ1) is 60.4. The molecule has 0 aliphatic heterocycles. The molecule has 10 heterocycles. The minimum Gasteiger partial charge on any atom is -0.278 e. The van der Waals surface area contributed by atoms with Crippen molar-refractivity contribution in [1.82, 2.24) is 48.2 Å². The molecule has 1 aliphatic carbocycles. The summed E-state index contributed by atoms with van der Waals surface area (Å²) >= 11 is 7.35. The van der Waals surface area contributed by atoms with Gasteiger partial charge in [0.1, 0.15) is 0 Å². The van der Waals surface area contributed by atoms with E-state index in [1.165, 1.54) is 103 Å². The predicted octanol–water partition coefficient (Wildman–Crippen LogP) is 29.5. The molecule has 122 heavy (non-hydrogen) atoms. The van der Waals surface area contributed by atoms with Crippen molar-refractivity contribution in [2.45, 2.75) is 12.3 Å². The maximum Gasteiger partial charge on any atom is 0.241 e. The van der Waals surface area contributed by atoms with Gasteiger partial charge in [0.05, 0.1) is 44.1 Å². The van der Waals surface area contributed by atoms with Gasteiger partial charge in [0.15, 0.2) is 11.6 Å². The van der Waals surface area contributed by atoms with Crippen LogP contribution in [0.2, 0.25) is 0 Å². The minimum absolute atomic E-state index is 0.320. The molecule has 1 atom stereocenters. The lowest BCUT2D eigenvalue weighted by Gasteiger charge is -2.18. The zero-order valence-corrected chi connectivity index (χ0v) is 68.2. The summed E-state index contributed by atoms with van der Waals surface area (Å²) in [4.78, 5) is 35.6. The molecule has 0 saturated heterocycles. The highest BCUT2D eigenvalue weighted by Crippen LogP contribution is 2.48. The summed E-state index contributed by atoms with van der Waals surface area (Å²) < 4.78 is 17.8. The van der Waals surface area contributed by atoms with E-state index < -0.39 is 0 Å². The van der Waals surface area contributed by atoms with E-state index in [0.717, 1.165) is 121 Å². The number of benzene rings is 16. The number of hydrogen-bond donors (Lipinski definition) is 0. The molecule has 1 unspecified atom stereocenters. The van der Waals surface area contributed by atoms with E-state index in [-0.39, 0.29) is 0 Å². The maximum absolute atomic E-state index is 5.88. The molecule has 10 nitrogen and oxygen atoms in total. The molecule has 16 aromatic carbocycles. The Morgan fingerprint density at radius 3 is 0.984 bits per heavy atom. The highest BCUT2D eigenvalue weighted by molar-refractivity contribution is 7.26. The van der Waals surface area contributed by atoms with Crippen molar-refractivity contribution in [3.05, 3.63) is 368 Å². The Hall–Kier alpha value is -14.9. The van der Waals surface area contributed by atoms with Crippen molar-refractivity contribution in [1.29, 1.82) is 0 Å². The first kappa shape index (κ1) is 68.1. The van der Waals surface area contributed by atoms with Crippen LogP contribution in [-0.4, -0.2) is 48.2 Å². The number of allylic oxidation sites excluding steroid dienone is 1. The van der Waals surface area contributed by atoms with E-state index in [0.29, 0.717) is 41.4 Å². The van der Waals surface area contributed by atoms with Gasteiger partial charge in [-0.1, -0.05) is 206 Å². The van der Waals surface area contributed by atoms with Gasteiger partial charge in [-0.05, 0) is 208 Å². The van der Waals surface area contributed by atoms with Gasteiger partial charge in [0.25, 0.3) is 0 Å². The average molecular weight is 1630 g/mol. The highest BCUT2D eigenvalue weighted by atomic mass is 32.1. The summed E-state index contributed by atoms with van der Waals surface area (Å²) in [5.41, 5.74) is 19.2. The van der Waals surface area contributed by atoms with Gasteiger partial charge in [-0.2, -0.15) is 24.9 Å². The molecule has 0 amide bonds. The van der Waals surface area contributed by atoms with Crippen LogP contribution in [0.25, 0.3) is 244 Å². The molecule has 0 radical (unpaired) electrons. The van der Waals surface area contributed by atoms with Crippen LogP contribution >= 0.6 is 45.3 Å². The Balaban J connectivity index is 0.669. The largest absolute Gasteiger partial charge is 0.278 e. The molecule has 0 spiro atoms. The maximum atomic E-state index is 5.88. The summed E-state index contributed by atoms with van der Waals surface area (Å²) in [6, 6.07) is 126. The fourth-order valence-corrected chi connectivity index (χ4v) is 23.9. The quantitative estimate of drug-likeness (QED) is 0.135. The number of thiophene rings is 4. The second-order valence-electron chi connectivity index (χ2n) is 32.0. The Labute approximate surface area is 712 Å². The van der Waals surface area contributed by atoms with Gasteiger partial charge >= 0.3 is 0 Å².